The largest absolute Gasteiger partial charge is 0.0533 e. The average Bonchev–Trinajstić information content (AvgIpc) is 3.12. The minimum Gasteiger partial charge on any atom is -0.0533 e. The molecule has 0 nitrogen and oxygen atoms in total. The van der Waals surface area contributed by atoms with Gasteiger partial charge in [-0.1, -0.05) is 25.7 Å². The minimum atomic E-state index is 0.994. The molecular weight excluding hydrogens is 156 g/mol. The monoisotopic (exact) mass is 174 g/mol. The third kappa shape index (κ3) is 0.322. The molecule has 0 heteroatoms. The molecule has 0 heterocycles. The van der Waals surface area contributed by atoms with Crippen molar-refractivity contribution in [3.8, 4) is 0 Å². The molecule has 0 aromatic heterocycles. The number of hydrogen-bond acceptors (Lipinski definition) is 0. The molecule has 5 rings (SSSR count). The lowest BCUT2D eigenvalue weighted by Gasteiger charge is -2.52. The lowest BCUT2D eigenvalue weighted by Crippen LogP contribution is -2.45. The SMILES string of the molecule is C1CCC2(CC1)C13C4CCCC1C423. The van der Waals surface area contributed by atoms with Gasteiger partial charge in [0.05, 0.1) is 0 Å². The predicted molar refractivity (Wildman–Crippen MR) is 51.2 cm³/mol. The van der Waals surface area contributed by atoms with Crippen molar-refractivity contribution in [2.45, 2.75) is 51.4 Å². The summed E-state index contributed by atoms with van der Waals surface area (Å²) >= 11 is 0. The lowest BCUT2D eigenvalue weighted by molar-refractivity contribution is -0.0381. The van der Waals surface area contributed by atoms with Gasteiger partial charge in [0.1, 0.15) is 0 Å². The Labute approximate surface area is 80.1 Å². The van der Waals surface area contributed by atoms with Crippen molar-refractivity contribution in [3.63, 3.8) is 0 Å². The first-order valence-corrected chi connectivity index (χ1v) is 6.43. The zero-order valence-corrected chi connectivity index (χ0v) is 8.31. The number of hydrogen-bond donors (Lipinski definition) is 0. The van der Waals surface area contributed by atoms with Crippen LogP contribution in [-0.2, 0) is 0 Å². The fourth-order valence-electron chi connectivity index (χ4n) is 7.00. The van der Waals surface area contributed by atoms with E-state index < -0.39 is 0 Å². The Morgan fingerprint density at radius 3 is 1.92 bits per heavy atom. The van der Waals surface area contributed by atoms with Crippen LogP contribution in [0.5, 0.6) is 0 Å². The molecular formula is C13H18. The van der Waals surface area contributed by atoms with E-state index in [0.717, 1.165) is 16.2 Å². The first-order chi connectivity index (χ1) is 6.43. The maximum absolute atomic E-state index is 1.64. The van der Waals surface area contributed by atoms with Gasteiger partial charge in [0, 0.05) is 0 Å². The lowest BCUT2D eigenvalue weighted by atomic mass is 9.52. The summed E-state index contributed by atoms with van der Waals surface area (Å²) in [4.78, 5) is 0. The molecule has 5 fully saturated rings. The summed E-state index contributed by atoms with van der Waals surface area (Å²) in [6.07, 6.45) is 12.8. The summed E-state index contributed by atoms with van der Waals surface area (Å²) < 4.78 is 0. The number of rotatable bonds is 0. The molecule has 0 bridgehead atoms. The highest BCUT2D eigenvalue weighted by Gasteiger charge is 3.20. The van der Waals surface area contributed by atoms with Gasteiger partial charge in [0.25, 0.3) is 0 Å². The van der Waals surface area contributed by atoms with E-state index in [0.29, 0.717) is 0 Å². The van der Waals surface area contributed by atoms with Crippen molar-refractivity contribution in [1.29, 1.82) is 0 Å². The van der Waals surface area contributed by atoms with Crippen LogP contribution in [0.2, 0.25) is 0 Å². The van der Waals surface area contributed by atoms with Crippen molar-refractivity contribution in [2.75, 3.05) is 0 Å². The van der Waals surface area contributed by atoms with Crippen molar-refractivity contribution in [1.82, 2.24) is 0 Å². The molecule has 13 heavy (non-hydrogen) atoms. The van der Waals surface area contributed by atoms with E-state index >= 15 is 0 Å². The molecule has 0 aliphatic heterocycles. The van der Waals surface area contributed by atoms with Crippen molar-refractivity contribution >= 4 is 0 Å². The zero-order valence-electron chi connectivity index (χ0n) is 8.31. The predicted octanol–water partition coefficient (Wildman–Crippen LogP) is 3.37. The summed E-state index contributed by atoms with van der Waals surface area (Å²) in [5.41, 5.74) is 3.07. The normalized spacial score (nSPS) is 68.3. The van der Waals surface area contributed by atoms with E-state index in [1.807, 2.05) is 0 Å². The molecule has 0 aromatic rings. The Kier molecular flexibility index (Phi) is 0.707. The molecule has 0 N–H and O–H groups in total. The Morgan fingerprint density at radius 2 is 1.31 bits per heavy atom. The maximum Gasteiger partial charge on any atom is -0.00993 e. The van der Waals surface area contributed by atoms with Gasteiger partial charge >= 0.3 is 0 Å². The van der Waals surface area contributed by atoms with Gasteiger partial charge in [-0.15, -0.1) is 0 Å². The second-order valence-electron chi connectivity index (χ2n) is 6.42. The molecule has 0 radical (unpaired) electrons. The van der Waals surface area contributed by atoms with Crippen molar-refractivity contribution in [3.05, 3.63) is 0 Å². The molecule has 70 valence electrons. The first-order valence-electron chi connectivity index (χ1n) is 6.43. The van der Waals surface area contributed by atoms with Crippen LogP contribution in [0.4, 0.5) is 0 Å². The van der Waals surface area contributed by atoms with Gasteiger partial charge < -0.3 is 0 Å². The molecule has 5 aliphatic rings. The quantitative estimate of drug-likeness (QED) is 0.528. The Bertz CT molecular complexity index is 265. The first kappa shape index (κ1) is 6.48. The fourth-order valence-corrected chi connectivity index (χ4v) is 7.00. The summed E-state index contributed by atoms with van der Waals surface area (Å²) in [5.74, 6) is 2.55. The molecule has 5 aliphatic carbocycles. The standard InChI is InChI=1S/C13H18/c1-2-7-11(8-3-1)12-9-5-4-6-10(12)13(9,11)12/h9-10H,1-8H2. The average molecular weight is 174 g/mol. The van der Waals surface area contributed by atoms with Crippen LogP contribution in [0, 0.1) is 28.1 Å². The van der Waals surface area contributed by atoms with Crippen LogP contribution in [0.15, 0.2) is 0 Å². The molecule has 5 saturated carbocycles. The summed E-state index contributed by atoms with van der Waals surface area (Å²) in [6.45, 7) is 0. The van der Waals surface area contributed by atoms with Crippen LogP contribution in [-0.4, -0.2) is 0 Å². The maximum atomic E-state index is 1.64. The van der Waals surface area contributed by atoms with E-state index in [4.69, 9.17) is 0 Å². The Hall–Kier alpha value is 0. The highest BCUT2D eigenvalue weighted by molar-refractivity contribution is 5.66. The molecule has 0 unspecified atom stereocenters. The third-order valence-corrected chi connectivity index (χ3v) is 6.93. The highest BCUT2D eigenvalue weighted by Crippen LogP contribution is 3.23. The fraction of sp³-hybridized carbons (Fsp3) is 1.00. The second-order valence-corrected chi connectivity index (χ2v) is 6.42. The third-order valence-electron chi connectivity index (χ3n) is 6.93. The van der Waals surface area contributed by atoms with E-state index in [-0.39, 0.29) is 0 Å². The van der Waals surface area contributed by atoms with Gasteiger partial charge in [0.15, 0.2) is 0 Å². The van der Waals surface area contributed by atoms with Gasteiger partial charge in [-0.05, 0) is 53.8 Å². The molecule has 0 aromatic carbocycles. The van der Waals surface area contributed by atoms with Crippen molar-refractivity contribution in [2.24, 2.45) is 28.1 Å². The van der Waals surface area contributed by atoms with Crippen LogP contribution >= 0.6 is 0 Å². The van der Waals surface area contributed by atoms with Crippen LogP contribution in [0.3, 0.4) is 0 Å². The van der Waals surface area contributed by atoms with Crippen molar-refractivity contribution < 1.29 is 0 Å². The molecule has 0 saturated heterocycles. The zero-order chi connectivity index (χ0) is 8.31. The van der Waals surface area contributed by atoms with E-state index in [9.17, 15) is 0 Å². The van der Waals surface area contributed by atoms with E-state index in [1.54, 1.807) is 51.4 Å². The topological polar surface area (TPSA) is 0 Å². The second kappa shape index (κ2) is 1.42. The van der Waals surface area contributed by atoms with Crippen LogP contribution in [0.1, 0.15) is 51.4 Å². The molecule has 0 amide bonds. The van der Waals surface area contributed by atoms with Gasteiger partial charge in [0.2, 0.25) is 0 Å². The highest BCUT2D eigenvalue weighted by atomic mass is 15.2. The smallest absolute Gasteiger partial charge is 0.00993 e. The Morgan fingerprint density at radius 1 is 0.692 bits per heavy atom. The summed E-state index contributed by atoms with van der Waals surface area (Å²) in [5, 5.41) is 0. The van der Waals surface area contributed by atoms with Crippen LogP contribution < -0.4 is 0 Å². The van der Waals surface area contributed by atoms with Gasteiger partial charge in [-0.3, -0.25) is 0 Å². The van der Waals surface area contributed by atoms with E-state index in [1.165, 1.54) is 11.8 Å². The van der Waals surface area contributed by atoms with Gasteiger partial charge in [-0.25, -0.2) is 0 Å². The molecule has 2 spiro atoms. The molecule has 0 atom stereocenters. The minimum absolute atomic E-state index is 0.994. The van der Waals surface area contributed by atoms with Crippen LogP contribution in [0.25, 0.3) is 0 Å². The summed E-state index contributed by atoms with van der Waals surface area (Å²) in [6, 6.07) is 0. The Balaban J connectivity index is 1.54. The summed E-state index contributed by atoms with van der Waals surface area (Å²) in [7, 11) is 0. The van der Waals surface area contributed by atoms with E-state index in [2.05, 4.69) is 0 Å². The van der Waals surface area contributed by atoms with Gasteiger partial charge in [-0.2, -0.15) is 0 Å².